The van der Waals surface area contributed by atoms with E-state index in [1.165, 1.54) is 17.7 Å². The van der Waals surface area contributed by atoms with Crippen LogP contribution in [0.25, 0.3) is 0 Å². The van der Waals surface area contributed by atoms with Gasteiger partial charge < -0.3 is 4.72 Å². The molecule has 0 bridgehead atoms. The van der Waals surface area contributed by atoms with E-state index in [1.807, 2.05) is 0 Å². The Morgan fingerprint density at radius 1 is 1.07 bits per heavy atom. The zero-order valence-corrected chi connectivity index (χ0v) is 9.46. The summed E-state index contributed by atoms with van der Waals surface area (Å²) in [5.74, 6) is 0. The van der Waals surface area contributed by atoms with Gasteiger partial charge in [0.2, 0.25) is 0 Å². The maximum absolute atomic E-state index is 3.30. The van der Waals surface area contributed by atoms with Gasteiger partial charge in [-0.25, -0.2) is 0 Å². The van der Waals surface area contributed by atoms with Crippen molar-refractivity contribution in [3.63, 3.8) is 0 Å². The quantitative estimate of drug-likeness (QED) is 0.772. The Morgan fingerprint density at radius 2 is 1.93 bits per heavy atom. The molecule has 1 N–H and O–H groups in total. The van der Waals surface area contributed by atoms with Crippen molar-refractivity contribution in [1.29, 1.82) is 0 Å². The molecule has 0 aromatic heterocycles. The first-order chi connectivity index (χ1) is 7.45. The number of aryl methyl sites for hydroxylation is 1. The summed E-state index contributed by atoms with van der Waals surface area (Å²) in [7, 11) is 0. The third kappa shape index (κ3) is 3.48. The molecule has 1 aliphatic heterocycles. The summed E-state index contributed by atoms with van der Waals surface area (Å²) in [5, 5.41) is 2.06. The summed E-state index contributed by atoms with van der Waals surface area (Å²) in [6.07, 6.45) is 7.75. The van der Waals surface area contributed by atoms with E-state index in [1.54, 1.807) is 11.9 Å². The van der Waals surface area contributed by atoms with Crippen LogP contribution in [0.4, 0.5) is 0 Å². The van der Waals surface area contributed by atoms with Crippen molar-refractivity contribution in [2.45, 2.75) is 19.3 Å². The third-order valence-corrected chi connectivity index (χ3v) is 3.06. The van der Waals surface area contributed by atoms with Gasteiger partial charge in [0.25, 0.3) is 0 Å². The van der Waals surface area contributed by atoms with Gasteiger partial charge in [-0.3, -0.25) is 0 Å². The minimum atomic E-state index is 1.13. The summed E-state index contributed by atoms with van der Waals surface area (Å²) in [5.41, 5.74) is 2.76. The topological polar surface area (TPSA) is 12.0 Å². The average molecular weight is 217 g/mol. The molecule has 78 valence electrons. The maximum atomic E-state index is 3.30. The van der Waals surface area contributed by atoms with Crippen molar-refractivity contribution in [1.82, 2.24) is 4.72 Å². The normalized spacial score (nSPS) is 14.5. The number of allylic oxidation sites excluding steroid dienone is 3. The highest BCUT2D eigenvalue weighted by Gasteiger charge is 1.99. The first-order valence-corrected chi connectivity index (χ1v) is 6.14. The summed E-state index contributed by atoms with van der Waals surface area (Å²) in [6, 6.07) is 10.7. The maximum Gasteiger partial charge on any atom is 0.0214 e. The summed E-state index contributed by atoms with van der Waals surface area (Å²) in [4.78, 5) is 0. The molecule has 0 saturated heterocycles. The molecule has 2 heteroatoms. The lowest BCUT2D eigenvalue weighted by Gasteiger charge is -2.10. The molecular weight excluding hydrogens is 202 g/mol. The SMILES string of the molecule is C1=CSNC(CCCc2ccccc2)=C1. The average Bonchev–Trinajstić information content (AvgIpc) is 2.32. The lowest BCUT2D eigenvalue weighted by molar-refractivity contribution is 0.792. The molecule has 0 unspecified atom stereocenters. The molecule has 1 nitrogen and oxygen atoms in total. The van der Waals surface area contributed by atoms with Gasteiger partial charge in [-0.15, -0.1) is 0 Å². The van der Waals surface area contributed by atoms with Crippen molar-refractivity contribution in [3.05, 3.63) is 59.2 Å². The molecule has 0 saturated carbocycles. The van der Waals surface area contributed by atoms with Crippen LogP contribution in [0.2, 0.25) is 0 Å². The van der Waals surface area contributed by atoms with Crippen LogP contribution in [0.1, 0.15) is 18.4 Å². The Balaban J connectivity index is 1.75. The highest BCUT2D eigenvalue weighted by molar-refractivity contribution is 8.00. The molecule has 1 heterocycles. The molecule has 0 amide bonds. The van der Waals surface area contributed by atoms with E-state index in [-0.39, 0.29) is 0 Å². The Bertz CT molecular complexity index is 354. The molecule has 0 spiro atoms. The van der Waals surface area contributed by atoms with Crippen LogP contribution in [0, 0.1) is 0 Å². The van der Waals surface area contributed by atoms with Crippen LogP contribution in [0.3, 0.4) is 0 Å². The minimum Gasteiger partial charge on any atom is -0.330 e. The molecule has 1 aromatic carbocycles. The highest BCUT2D eigenvalue weighted by Crippen LogP contribution is 2.14. The van der Waals surface area contributed by atoms with Gasteiger partial charge in [0.15, 0.2) is 0 Å². The van der Waals surface area contributed by atoms with Gasteiger partial charge in [0.1, 0.15) is 0 Å². The van der Waals surface area contributed by atoms with E-state index in [0.29, 0.717) is 0 Å². The molecular formula is C13H15NS. The Morgan fingerprint density at radius 3 is 2.67 bits per heavy atom. The van der Waals surface area contributed by atoms with Crippen LogP contribution in [-0.4, -0.2) is 0 Å². The fraction of sp³-hybridized carbons (Fsp3) is 0.231. The van der Waals surface area contributed by atoms with Gasteiger partial charge in [-0.2, -0.15) is 0 Å². The van der Waals surface area contributed by atoms with Crippen LogP contribution in [-0.2, 0) is 6.42 Å². The van der Waals surface area contributed by atoms with E-state index in [9.17, 15) is 0 Å². The van der Waals surface area contributed by atoms with Gasteiger partial charge in [0, 0.05) is 5.70 Å². The van der Waals surface area contributed by atoms with Crippen LogP contribution >= 0.6 is 11.9 Å². The lowest BCUT2D eigenvalue weighted by Crippen LogP contribution is -2.04. The first-order valence-electron chi connectivity index (χ1n) is 5.26. The number of rotatable bonds is 4. The molecule has 0 aliphatic carbocycles. The first kappa shape index (κ1) is 10.4. The van der Waals surface area contributed by atoms with Gasteiger partial charge in [-0.1, -0.05) is 36.4 Å². The Kier molecular flexibility index (Phi) is 3.92. The van der Waals surface area contributed by atoms with Crippen molar-refractivity contribution >= 4 is 11.9 Å². The lowest BCUT2D eigenvalue weighted by atomic mass is 10.1. The van der Waals surface area contributed by atoms with E-state index in [4.69, 9.17) is 0 Å². The fourth-order valence-corrected chi connectivity index (χ4v) is 2.15. The number of benzene rings is 1. The second kappa shape index (κ2) is 5.66. The predicted octanol–water partition coefficient (Wildman–Crippen LogP) is 3.66. The second-order valence-electron chi connectivity index (χ2n) is 3.58. The number of nitrogens with one attached hydrogen (secondary N) is 1. The van der Waals surface area contributed by atoms with Gasteiger partial charge >= 0.3 is 0 Å². The van der Waals surface area contributed by atoms with Crippen molar-refractivity contribution in [2.24, 2.45) is 0 Å². The summed E-state index contributed by atoms with van der Waals surface area (Å²) < 4.78 is 3.30. The largest absolute Gasteiger partial charge is 0.330 e. The molecule has 2 rings (SSSR count). The van der Waals surface area contributed by atoms with E-state index in [2.05, 4.69) is 52.6 Å². The Hall–Kier alpha value is -1.15. The van der Waals surface area contributed by atoms with Crippen LogP contribution < -0.4 is 4.72 Å². The highest BCUT2D eigenvalue weighted by atomic mass is 32.2. The smallest absolute Gasteiger partial charge is 0.0214 e. The molecule has 0 atom stereocenters. The fourth-order valence-electron chi connectivity index (χ4n) is 1.60. The van der Waals surface area contributed by atoms with E-state index in [0.717, 1.165) is 12.8 Å². The zero-order valence-electron chi connectivity index (χ0n) is 8.65. The van der Waals surface area contributed by atoms with E-state index >= 15 is 0 Å². The predicted molar refractivity (Wildman–Crippen MR) is 67.3 cm³/mol. The molecule has 1 aromatic rings. The van der Waals surface area contributed by atoms with E-state index < -0.39 is 0 Å². The van der Waals surface area contributed by atoms with Crippen LogP contribution in [0.5, 0.6) is 0 Å². The van der Waals surface area contributed by atoms with Crippen molar-refractivity contribution < 1.29 is 0 Å². The monoisotopic (exact) mass is 217 g/mol. The molecule has 15 heavy (non-hydrogen) atoms. The minimum absolute atomic E-state index is 1.13. The Labute approximate surface area is 95.4 Å². The van der Waals surface area contributed by atoms with Crippen LogP contribution in [0.15, 0.2) is 53.6 Å². The van der Waals surface area contributed by atoms with Crippen molar-refractivity contribution in [2.75, 3.05) is 0 Å². The summed E-state index contributed by atoms with van der Waals surface area (Å²) >= 11 is 1.65. The summed E-state index contributed by atoms with van der Waals surface area (Å²) in [6.45, 7) is 0. The molecule has 0 radical (unpaired) electrons. The zero-order chi connectivity index (χ0) is 10.3. The van der Waals surface area contributed by atoms with Crippen molar-refractivity contribution in [3.8, 4) is 0 Å². The van der Waals surface area contributed by atoms with Gasteiger partial charge in [0.05, 0.1) is 0 Å². The molecule has 1 aliphatic rings. The molecule has 0 fully saturated rings. The third-order valence-electron chi connectivity index (χ3n) is 2.39. The second-order valence-corrected chi connectivity index (χ2v) is 4.29. The van der Waals surface area contributed by atoms with Gasteiger partial charge in [-0.05, 0) is 48.3 Å². The number of hydrogen-bond acceptors (Lipinski definition) is 2. The standard InChI is InChI=1S/C13H15NS/c1-2-6-12(7-3-1)8-4-9-13-10-5-11-15-14-13/h1-3,5-7,10-11,14H,4,8-9H2. The number of hydrogen-bond donors (Lipinski definition) is 1.